The van der Waals surface area contributed by atoms with E-state index in [1.807, 2.05) is 54.6 Å². The number of hydrogen-bond donors (Lipinski definition) is 2. The lowest BCUT2D eigenvalue weighted by Crippen LogP contribution is -2.32. The third-order valence-corrected chi connectivity index (χ3v) is 4.83. The maximum absolute atomic E-state index is 12.7. The molecule has 0 saturated carbocycles. The molecule has 7 heteroatoms. The summed E-state index contributed by atoms with van der Waals surface area (Å²) in [6.45, 7) is 0. The predicted octanol–water partition coefficient (Wildman–Crippen LogP) is 4.50. The summed E-state index contributed by atoms with van der Waals surface area (Å²) in [4.78, 5) is 26.4. The Morgan fingerprint density at radius 2 is 1.59 bits per heavy atom. The minimum atomic E-state index is -0.371. The van der Waals surface area contributed by atoms with Crippen LogP contribution in [0.1, 0.15) is 15.9 Å². The first-order chi connectivity index (χ1) is 15.5. The van der Waals surface area contributed by atoms with Crippen LogP contribution in [0.4, 0.5) is 11.4 Å². The van der Waals surface area contributed by atoms with Crippen LogP contribution in [0.5, 0.6) is 5.75 Å². The smallest absolute Gasteiger partial charge is 0.258 e. The number of anilines is 2. The molecule has 0 aliphatic rings. The molecule has 0 atom stereocenters. The van der Waals surface area contributed by atoms with Gasteiger partial charge in [-0.3, -0.25) is 14.9 Å². The van der Waals surface area contributed by atoms with Crippen LogP contribution in [0.25, 0.3) is 6.08 Å². The van der Waals surface area contributed by atoms with Crippen molar-refractivity contribution in [2.75, 3.05) is 24.4 Å². The van der Waals surface area contributed by atoms with E-state index in [1.165, 1.54) is 6.08 Å². The van der Waals surface area contributed by atoms with Crippen molar-refractivity contribution in [3.8, 4) is 5.75 Å². The normalized spacial score (nSPS) is 10.4. The highest BCUT2D eigenvalue weighted by Crippen LogP contribution is 2.19. The first-order valence-corrected chi connectivity index (χ1v) is 10.2. The Bertz CT molecular complexity index is 1130. The van der Waals surface area contributed by atoms with Gasteiger partial charge in [0.2, 0.25) is 5.91 Å². The molecule has 6 nitrogen and oxygen atoms in total. The van der Waals surface area contributed by atoms with Gasteiger partial charge < -0.3 is 15.0 Å². The van der Waals surface area contributed by atoms with Crippen molar-refractivity contribution in [1.82, 2.24) is 5.32 Å². The number of methoxy groups -OCH3 is 1. The minimum absolute atomic E-state index is 0.125. The summed E-state index contributed by atoms with van der Waals surface area (Å²) in [5.41, 5.74) is 2.79. The van der Waals surface area contributed by atoms with Crippen molar-refractivity contribution >= 4 is 46.6 Å². The molecule has 32 heavy (non-hydrogen) atoms. The molecule has 2 amide bonds. The summed E-state index contributed by atoms with van der Waals surface area (Å²) >= 11 is 5.20. The van der Waals surface area contributed by atoms with Crippen LogP contribution in [0.3, 0.4) is 0 Å². The maximum Gasteiger partial charge on any atom is 0.258 e. The van der Waals surface area contributed by atoms with Gasteiger partial charge in [0.25, 0.3) is 5.91 Å². The summed E-state index contributed by atoms with van der Waals surface area (Å²) in [5.74, 6) is 0.176. The molecule has 0 spiro atoms. The number of nitrogens with zero attached hydrogens (tertiary/aromatic N) is 1. The van der Waals surface area contributed by atoms with E-state index in [0.29, 0.717) is 17.0 Å². The molecule has 0 unspecified atom stereocenters. The van der Waals surface area contributed by atoms with Crippen LogP contribution in [0.2, 0.25) is 0 Å². The van der Waals surface area contributed by atoms with Crippen molar-refractivity contribution in [1.29, 1.82) is 0 Å². The Labute approximate surface area is 192 Å². The van der Waals surface area contributed by atoms with Gasteiger partial charge in [0.05, 0.1) is 7.11 Å². The maximum atomic E-state index is 12.7. The molecule has 2 N–H and O–H groups in total. The number of benzene rings is 3. The number of thiocarbonyl (C=S) groups is 1. The first-order valence-electron chi connectivity index (χ1n) is 9.84. The van der Waals surface area contributed by atoms with E-state index < -0.39 is 0 Å². The predicted molar refractivity (Wildman–Crippen MR) is 132 cm³/mol. The Morgan fingerprint density at radius 1 is 0.938 bits per heavy atom. The molecule has 3 aromatic carbocycles. The van der Waals surface area contributed by atoms with E-state index in [1.54, 1.807) is 49.4 Å². The summed E-state index contributed by atoms with van der Waals surface area (Å²) in [6, 6.07) is 23.7. The Morgan fingerprint density at radius 3 is 2.28 bits per heavy atom. The van der Waals surface area contributed by atoms with Gasteiger partial charge in [-0.15, -0.1) is 0 Å². The van der Waals surface area contributed by atoms with Crippen LogP contribution in [0, 0.1) is 0 Å². The van der Waals surface area contributed by atoms with Crippen LogP contribution >= 0.6 is 12.2 Å². The van der Waals surface area contributed by atoms with Crippen LogP contribution < -0.4 is 20.3 Å². The van der Waals surface area contributed by atoms with Crippen molar-refractivity contribution in [3.05, 3.63) is 96.1 Å². The number of amides is 2. The summed E-state index contributed by atoms with van der Waals surface area (Å²) in [5, 5.41) is 5.68. The molecule has 0 aliphatic carbocycles. The number of carbonyl (C=O) groups excluding carboxylic acids is 2. The summed E-state index contributed by atoms with van der Waals surface area (Å²) < 4.78 is 5.26. The molecule has 0 bridgehead atoms. The fourth-order valence-electron chi connectivity index (χ4n) is 2.94. The highest BCUT2D eigenvalue weighted by atomic mass is 32.1. The van der Waals surface area contributed by atoms with Crippen LogP contribution in [-0.2, 0) is 4.79 Å². The summed E-state index contributed by atoms with van der Waals surface area (Å²) in [7, 11) is 3.30. The van der Waals surface area contributed by atoms with E-state index in [0.717, 1.165) is 11.3 Å². The van der Waals surface area contributed by atoms with Crippen molar-refractivity contribution < 1.29 is 14.3 Å². The van der Waals surface area contributed by atoms with Gasteiger partial charge in [-0.1, -0.05) is 36.4 Å². The van der Waals surface area contributed by atoms with Gasteiger partial charge in [0.1, 0.15) is 5.75 Å². The quantitative estimate of drug-likeness (QED) is 0.432. The zero-order valence-electron chi connectivity index (χ0n) is 17.7. The van der Waals surface area contributed by atoms with E-state index in [9.17, 15) is 9.59 Å². The molecule has 162 valence electrons. The van der Waals surface area contributed by atoms with E-state index in [4.69, 9.17) is 17.0 Å². The second kappa shape index (κ2) is 10.9. The van der Waals surface area contributed by atoms with Gasteiger partial charge in [-0.2, -0.15) is 0 Å². The Hall–Kier alpha value is -3.97. The summed E-state index contributed by atoms with van der Waals surface area (Å²) in [6.07, 6.45) is 3.04. The van der Waals surface area contributed by atoms with Gasteiger partial charge >= 0.3 is 0 Å². The van der Waals surface area contributed by atoms with E-state index in [-0.39, 0.29) is 16.9 Å². The molecule has 0 fully saturated rings. The SMILES string of the molecule is COc1ccccc1/C=C/C(=O)NC(=S)Nc1ccc(C(=O)N(C)c2ccccc2)cc1. The highest BCUT2D eigenvalue weighted by molar-refractivity contribution is 7.80. The van der Waals surface area contributed by atoms with E-state index in [2.05, 4.69) is 10.6 Å². The second-order valence-corrected chi connectivity index (χ2v) is 7.20. The number of nitrogens with one attached hydrogen (secondary N) is 2. The van der Waals surface area contributed by atoms with E-state index >= 15 is 0 Å². The lowest BCUT2D eigenvalue weighted by Gasteiger charge is -2.17. The lowest BCUT2D eigenvalue weighted by molar-refractivity contribution is -0.115. The molecule has 0 aliphatic heterocycles. The van der Waals surface area contributed by atoms with Gasteiger partial charge in [-0.05, 0) is 60.8 Å². The Balaban J connectivity index is 1.56. The standard InChI is InChI=1S/C25H23N3O3S/c1-28(21-9-4-3-5-10-21)24(30)19-12-15-20(16-13-19)26-25(32)27-23(29)17-14-18-8-6-7-11-22(18)31-2/h3-17H,1-2H3,(H2,26,27,29,32)/b17-14+. The van der Waals surface area contributed by atoms with Crippen LogP contribution in [-0.4, -0.2) is 31.1 Å². The zero-order chi connectivity index (χ0) is 22.9. The van der Waals surface area contributed by atoms with Crippen molar-refractivity contribution in [3.63, 3.8) is 0 Å². The molecule has 0 saturated heterocycles. The monoisotopic (exact) mass is 445 g/mol. The molecule has 0 heterocycles. The average molecular weight is 446 g/mol. The fourth-order valence-corrected chi connectivity index (χ4v) is 3.16. The van der Waals surface area contributed by atoms with Gasteiger partial charge in [-0.25, -0.2) is 0 Å². The van der Waals surface area contributed by atoms with Crippen molar-refractivity contribution in [2.24, 2.45) is 0 Å². The topological polar surface area (TPSA) is 70.7 Å². The third-order valence-electron chi connectivity index (χ3n) is 4.63. The lowest BCUT2D eigenvalue weighted by atomic mass is 10.1. The van der Waals surface area contributed by atoms with Gasteiger partial charge in [0.15, 0.2) is 5.11 Å². The molecular weight excluding hydrogens is 422 g/mol. The van der Waals surface area contributed by atoms with Crippen molar-refractivity contribution in [2.45, 2.75) is 0 Å². The minimum Gasteiger partial charge on any atom is -0.496 e. The number of hydrogen-bond acceptors (Lipinski definition) is 4. The highest BCUT2D eigenvalue weighted by Gasteiger charge is 2.13. The molecule has 0 aromatic heterocycles. The molecule has 3 rings (SSSR count). The molecule has 0 radical (unpaired) electrons. The average Bonchev–Trinajstić information content (AvgIpc) is 2.83. The Kier molecular flexibility index (Phi) is 7.72. The number of ether oxygens (including phenoxy) is 1. The number of rotatable bonds is 6. The third kappa shape index (κ3) is 6.02. The first kappa shape index (κ1) is 22.7. The largest absolute Gasteiger partial charge is 0.496 e. The molecular formula is C25H23N3O3S. The second-order valence-electron chi connectivity index (χ2n) is 6.80. The van der Waals surface area contributed by atoms with Crippen LogP contribution in [0.15, 0.2) is 84.9 Å². The zero-order valence-corrected chi connectivity index (χ0v) is 18.6. The molecule has 3 aromatic rings. The van der Waals surface area contributed by atoms with Gasteiger partial charge in [0, 0.05) is 35.6 Å². The fraction of sp³-hybridized carbons (Fsp3) is 0.0800. The number of carbonyl (C=O) groups is 2. The number of para-hydroxylation sites is 2.